The number of hydrogen-bond acceptors (Lipinski definition) is 2. The summed E-state index contributed by atoms with van der Waals surface area (Å²) in [5.41, 5.74) is 4.29. The first-order valence-electron chi connectivity index (χ1n) is 6.70. The van der Waals surface area contributed by atoms with Gasteiger partial charge in [0.15, 0.2) is 0 Å². The van der Waals surface area contributed by atoms with Gasteiger partial charge < -0.3 is 9.67 Å². The number of halogens is 1. The summed E-state index contributed by atoms with van der Waals surface area (Å²) in [6.45, 7) is 1.72. The molecule has 1 aliphatic carbocycles. The summed E-state index contributed by atoms with van der Waals surface area (Å²) in [5, 5.41) is 10.2. The zero-order valence-corrected chi connectivity index (χ0v) is 11.7. The van der Waals surface area contributed by atoms with E-state index in [2.05, 4.69) is 9.55 Å². The lowest BCUT2D eigenvalue weighted by Crippen LogP contribution is -2.07. The fourth-order valence-corrected chi connectivity index (χ4v) is 3.03. The fourth-order valence-electron chi connectivity index (χ4n) is 2.70. The van der Waals surface area contributed by atoms with Crippen LogP contribution in [0.25, 0.3) is 5.69 Å². The van der Waals surface area contributed by atoms with Crippen molar-refractivity contribution in [2.24, 2.45) is 0 Å². The van der Waals surface area contributed by atoms with Gasteiger partial charge in [-0.2, -0.15) is 0 Å². The Morgan fingerprint density at radius 1 is 1.32 bits per heavy atom. The minimum Gasteiger partial charge on any atom is -0.389 e. The normalized spacial score (nSPS) is 16.2. The third kappa shape index (κ3) is 2.28. The Labute approximate surface area is 117 Å². The van der Waals surface area contributed by atoms with E-state index in [0.717, 1.165) is 24.1 Å². The lowest BCUT2D eigenvalue weighted by Gasteiger charge is -2.15. The number of hydrogen-bond donors (Lipinski definition) is 1. The minimum absolute atomic E-state index is 0.543. The third-order valence-corrected chi connectivity index (χ3v) is 4.07. The molecule has 1 N–H and O–H groups in total. The van der Waals surface area contributed by atoms with Gasteiger partial charge in [-0.05, 0) is 50.3 Å². The molecule has 0 saturated carbocycles. The Kier molecular flexibility index (Phi) is 3.33. The van der Waals surface area contributed by atoms with Crippen molar-refractivity contribution >= 4 is 11.6 Å². The number of nitrogens with zero attached hydrogens (tertiary/aromatic N) is 2. The Morgan fingerprint density at radius 2 is 2.11 bits per heavy atom. The summed E-state index contributed by atoms with van der Waals surface area (Å²) in [4.78, 5) is 4.49. The van der Waals surface area contributed by atoms with Gasteiger partial charge in [0.05, 0.1) is 18.1 Å². The van der Waals surface area contributed by atoms with E-state index in [4.69, 9.17) is 11.6 Å². The van der Waals surface area contributed by atoms with Crippen LogP contribution >= 0.6 is 11.6 Å². The first-order valence-corrected chi connectivity index (χ1v) is 7.07. The second-order valence-corrected chi connectivity index (χ2v) is 5.50. The van der Waals surface area contributed by atoms with Crippen molar-refractivity contribution in [1.29, 1.82) is 0 Å². The summed E-state index contributed by atoms with van der Waals surface area (Å²) in [6, 6.07) is 5.78. The van der Waals surface area contributed by atoms with Gasteiger partial charge >= 0.3 is 0 Å². The molecule has 0 fully saturated rings. The molecule has 1 aromatic heterocycles. The summed E-state index contributed by atoms with van der Waals surface area (Å²) >= 11 is 6.23. The second kappa shape index (κ2) is 4.99. The highest BCUT2D eigenvalue weighted by atomic mass is 35.5. The summed E-state index contributed by atoms with van der Waals surface area (Å²) in [7, 11) is 0. The van der Waals surface area contributed by atoms with E-state index in [0.29, 0.717) is 5.02 Å². The van der Waals surface area contributed by atoms with E-state index < -0.39 is 6.10 Å². The standard InChI is InChI=1S/C15H17ClN2O/c1-10(19)12-7-6-11(8-13(12)16)18-9-17-14-4-2-3-5-15(14)18/h6-10,19H,2-5H2,1H3. The Balaban J connectivity index is 2.03. The molecule has 0 amide bonds. The SMILES string of the molecule is CC(O)c1ccc(-n2cnc3c2CCCC3)cc1Cl. The number of fused-ring (bicyclic) bond motifs is 1. The first-order chi connectivity index (χ1) is 9.16. The highest BCUT2D eigenvalue weighted by molar-refractivity contribution is 6.31. The average molecular weight is 277 g/mol. The number of rotatable bonds is 2. The van der Waals surface area contributed by atoms with Crippen molar-refractivity contribution in [3.63, 3.8) is 0 Å². The van der Waals surface area contributed by atoms with Gasteiger partial charge in [-0.1, -0.05) is 17.7 Å². The molecule has 1 unspecified atom stereocenters. The predicted octanol–water partition coefficient (Wildman–Crippen LogP) is 3.46. The van der Waals surface area contributed by atoms with E-state index in [-0.39, 0.29) is 0 Å². The maximum atomic E-state index is 9.61. The van der Waals surface area contributed by atoms with Crippen LogP contribution in [0.15, 0.2) is 24.5 Å². The lowest BCUT2D eigenvalue weighted by atomic mass is 10.0. The highest BCUT2D eigenvalue weighted by Gasteiger charge is 2.16. The van der Waals surface area contributed by atoms with Crippen LogP contribution in [0, 0.1) is 0 Å². The molecule has 1 atom stereocenters. The van der Waals surface area contributed by atoms with Crippen LogP contribution in [-0.2, 0) is 12.8 Å². The van der Waals surface area contributed by atoms with Crippen molar-refractivity contribution in [2.75, 3.05) is 0 Å². The average Bonchev–Trinajstić information content (AvgIpc) is 2.82. The van der Waals surface area contributed by atoms with E-state index in [1.807, 2.05) is 24.5 Å². The van der Waals surface area contributed by atoms with Gasteiger partial charge in [0.1, 0.15) is 0 Å². The summed E-state index contributed by atoms with van der Waals surface area (Å²) in [6.07, 6.45) is 5.93. The van der Waals surface area contributed by atoms with Gasteiger partial charge in [-0.15, -0.1) is 0 Å². The molecule has 100 valence electrons. The van der Waals surface area contributed by atoms with Gasteiger partial charge in [-0.25, -0.2) is 4.98 Å². The molecule has 1 heterocycles. The van der Waals surface area contributed by atoms with E-state index in [9.17, 15) is 5.11 Å². The molecule has 3 nitrogen and oxygen atoms in total. The molecule has 1 aliphatic rings. The van der Waals surface area contributed by atoms with Crippen LogP contribution in [0.2, 0.25) is 5.02 Å². The van der Waals surface area contributed by atoms with Crippen molar-refractivity contribution in [3.05, 3.63) is 46.5 Å². The van der Waals surface area contributed by atoms with E-state index in [1.165, 1.54) is 24.2 Å². The van der Waals surface area contributed by atoms with Crippen LogP contribution in [0.5, 0.6) is 0 Å². The highest BCUT2D eigenvalue weighted by Crippen LogP contribution is 2.28. The Bertz CT molecular complexity index is 604. The number of imidazole rings is 1. The molecule has 2 aromatic rings. The molecular weight excluding hydrogens is 260 g/mol. The first kappa shape index (κ1) is 12.7. The molecular formula is C15H17ClN2O. The molecule has 0 radical (unpaired) electrons. The molecule has 3 rings (SSSR count). The van der Waals surface area contributed by atoms with Gasteiger partial charge in [0, 0.05) is 16.4 Å². The Hall–Kier alpha value is -1.32. The number of benzene rings is 1. The van der Waals surface area contributed by atoms with Gasteiger partial charge in [-0.3, -0.25) is 0 Å². The van der Waals surface area contributed by atoms with Crippen molar-refractivity contribution < 1.29 is 5.11 Å². The van der Waals surface area contributed by atoms with Crippen LogP contribution in [0.1, 0.15) is 42.8 Å². The number of aromatic nitrogens is 2. The Morgan fingerprint density at radius 3 is 2.84 bits per heavy atom. The lowest BCUT2D eigenvalue weighted by molar-refractivity contribution is 0.199. The summed E-state index contributed by atoms with van der Waals surface area (Å²) in [5.74, 6) is 0. The predicted molar refractivity (Wildman–Crippen MR) is 75.8 cm³/mol. The molecule has 1 aromatic carbocycles. The van der Waals surface area contributed by atoms with Crippen LogP contribution < -0.4 is 0 Å². The van der Waals surface area contributed by atoms with Crippen LogP contribution in [0.3, 0.4) is 0 Å². The summed E-state index contributed by atoms with van der Waals surface area (Å²) < 4.78 is 2.12. The molecule has 4 heteroatoms. The maximum Gasteiger partial charge on any atom is 0.0997 e. The van der Waals surface area contributed by atoms with Crippen LogP contribution in [-0.4, -0.2) is 14.7 Å². The smallest absolute Gasteiger partial charge is 0.0997 e. The molecule has 0 aliphatic heterocycles. The quantitative estimate of drug-likeness (QED) is 0.912. The monoisotopic (exact) mass is 276 g/mol. The fraction of sp³-hybridized carbons (Fsp3) is 0.400. The van der Waals surface area contributed by atoms with E-state index in [1.54, 1.807) is 6.92 Å². The van der Waals surface area contributed by atoms with E-state index >= 15 is 0 Å². The van der Waals surface area contributed by atoms with Crippen molar-refractivity contribution in [2.45, 2.75) is 38.7 Å². The van der Waals surface area contributed by atoms with Crippen molar-refractivity contribution in [3.8, 4) is 5.69 Å². The molecule has 19 heavy (non-hydrogen) atoms. The topological polar surface area (TPSA) is 38.0 Å². The zero-order chi connectivity index (χ0) is 13.4. The van der Waals surface area contributed by atoms with Gasteiger partial charge in [0.2, 0.25) is 0 Å². The van der Waals surface area contributed by atoms with Crippen molar-refractivity contribution in [1.82, 2.24) is 9.55 Å². The molecule has 0 spiro atoms. The molecule has 0 bridgehead atoms. The third-order valence-electron chi connectivity index (χ3n) is 3.74. The second-order valence-electron chi connectivity index (χ2n) is 5.10. The number of aliphatic hydroxyl groups is 1. The number of aryl methyl sites for hydroxylation is 1. The number of aliphatic hydroxyl groups excluding tert-OH is 1. The maximum absolute atomic E-state index is 9.61. The minimum atomic E-state index is -0.543. The molecule has 0 saturated heterocycles. The largest absolute Gasteiger partial charge is 0.389 e. The zero-order valence-electron chi connectivity index (χ0n) is 10.9. The van der Waals surface area contributed by atoms with Gasteiger partial charge in [0.25, 0.3) is 0 Å². The van der Waals surface area contributed by atoms with Crippen LogP contribution in [0.4, 0.5) is 0 Å².